The van der Waals surface area contributed by atoms with Gasteiger partial charge in [-0.15, -0.1) is 0 Å². The minimum absolute atomic E-state index is 0.00766. The molecule has 0 saturated carbocycles. The highest BCUT2D eigenvalue weighted by molar-refractivity contribution is 8.00. The van der Waals surface area contributed by atoms with E-state index in [0.717, 1.165) is 12.1 Å². The van der Waals surface area contributed by atoms with Crippen molar-refractivity contribution in [3.63, 3.8) is 0 Å². The van der Waals surface area contributed by atoms with Gasteiger partial charge in [0.25, 0.3) is 10.0 Å². The van der Waals surface area contributed by atoms with Crippen LogP contribution < -0.4 is 4.72 Å². The molecule has 1 heterocycles. The van der Waals surface area contributed by atoms with Crippen molar-refractivity contribution in [3.05, 3.63) is 41.2 Å². The summed E-state index contributed by atoms with van der Waals surface area (Å²) >= 11 is 0. The molecule has 1 aromatic carbocycles. The Morgan fingerprint density at radius 2 is 1.95 bits per heavy atom. The molecule has 8 heteroatoms. The zero-order valence-corrected chi connectivity index (χ0v) is 11.2. The summed E-state index contributed by atoms with van der Waals surface area (Å²) in [5.74, 6) is -1.65. The van der Waals surface area contributed by atoms with E-state index in [0.29, 0.717) is 11.1 Å². The second-order valence-electron chi connectivity index (χ2n) is 4.13. The Morgan fingerprint density at radius 1 is 1.35 bits per heavy atom. The predicted octanol–water partition coefficient (Wildman–Crippen LogP) is 0.973. The fourth-order valence-electron chi connectivity index (χ4n) is 1.83. The third-order valence-electron chi connectivity index (χ3n) is 2.67. The van der Waals surface area contributed by atoms with E-state index in [9.17, 15) is 17.6 Å². The summed E-state index contributed by atoms with van der Waals surface area (Å²) in [5.41, 5.74) is 0.620. The molecule has 106 valence electrons. The van der Waals surface area contributed by atoms with E-state index in [1.54, 1.807) is 0 Å². The Morgan fingerprint density at radius 3 is 2.50 bits per heavy atom. The van der Waals surface area contributed by atoms with Gasteiger partial charge in [-0.2, -0.15) is 0 Å². The lowest BCUT2D eigenvalue weighted by molar-refractivity contribution is -0.135. The number of aliphatic carboxylic acids is 1. The summed E-state index contributed by atoms with van der Waals surface area (Å²) in [6.45, 7) is 0.975. The van der Waals surface area contributed by atoms with Crippen molar-refractivity contribution in [1.29, 1.82) is 0 Å². The van der Waals surface area contributed by atoms with Crippen LogP contribution in [0.2, 0.25) is 0 Å². The minimum Gasteiger partial charge on any atom is -0.480 e. The summed E-state index contributed by atoms with van der Waals surface area (Å²) in [4.78, 5) is 14.1. The molecule has 0 amide bonds. The van der Waals surface area contributed by atoms with Gasteiger partial charge in [0, 0.05) is 5.57 Å². The first-order valence-corrected chi connectivity index (χ1v) is 7.06. The molecular weight excluding hydrogens is 287 g/mol. The average Bonchev–Trinajstić information content (AvgIpc) is 2.58. The first-order valence-electron chi connectivity index (χ1n) is 5.57. The monoisotopic (exact) mass is 298 g/mol. The molecule has 0 unspecified atom stereocenters. The number of nitrogens with zero attached hydrogens (tertiary/aromatic N) is 1. The van der Waals surface area contributed by atoms with Crippen LogP contribution in [0.3, 0.4) is 0 Å². The molecule has 20 heavy (non-hydrogen) atoms. The predicted molar refractivity (Wildman–Crippen MR) is 71.0 cm³/mol. The number of nitrogens with one attached hydrogen (secondary N) is 1. The first-order chi connectivity index (χ1) is 9.31. The van der Waals surface area contributed by atoms with Crippen LogP contribution in [0.5, 0.6) is 0 Å². The molecule has 1 aliphatic rings. The fourth-order valence-corrected chi connectivity index (χ4v) is 3.35. The standard InChI is InChI=1S/C12H11FN2O4S/c1-7-11(8-2-4-9(13)5-3-8)20(18,19)15-12(7)14-6-10(16)17/h2-5H,6H2,1H3,(H,14,15)(H,16,17). The molecule has 0 atom stereocenters. The van der Waals surface area contributed by atoms with Crippen LogP contribution in [-0.2, 0) is 14.8 Å². The van der Waals surface area contributed by atoms with E-state index >= 15 is 0 Å². The molecule has 0 saturated heterocycles. The highest BCUT2D eigenvalue weighted by Crippen LogP contribution is 2.29. The summed E-state index contributed by atoms with van der Waals surface area (Å²) in [7, 11) is -3.82. The molecule has 6 nitrogen and oxygen atoms in total. The summed E-state index contributed by atoms with van der Waals surface area (Å²) in [5, 5.41) is 8.56. The quantitative estimate of drug-likeness (QED) is 0.869. The van der Waals surface area contributed by atoms with E-state index < -0.39 is 28.4 Å². The van der Waals surface area contributed by atoms with Gasteiger partial charge < -0.3 is 5.11 Å². The molecule has 0 aliphatic carbocycles. The number of carboxylic acids is 1. The number of sulfonamides is 1. The molecule has 1 aliphatic heterocycles. The van der Waals surface area contributed by atoms with Gasteiger partial charge >= 0.3 is 5.97 Å². The zero-order valence-electron chi connectivity index (χ0n) is 10.4. The molecule has 0 bridgehead atoms. The van der Waals surface area contributed by atoms with Crippen LogP contribution in [-0.4, -0.2) is 31.9 Å². The topological polar surface area (TPSA) is 95.8 Å². The van der Waals surface area contributed by atoms with Gasteiger partial charge in [0.1, 0.15) is 23.1 Å². The summed E-state index contributed by atoms with van der Waals surface area (Å²) in [6.07, 6.45) is 0. The fraction of sp³-hybridized carbons (Fsp3) is 0.167. The summed E-state index contributed by atoms with van der Waals surface area (Å²) in [6, 6.07) is 4.98. The van der Waals surface area contributed by atoms with Gasteiger partial charge in [0.15, 0.2) is 0 Å². The van der Waals surface area contributed by atoms with E-state index in [1.807, 2.05) is 0 Å². The van der Waals surface area contributed by atoms with Crippen molar-refractivity contribution in [2.75, 3.05) is 6.54 Å². The van der Waals surface area contributed by atoms with Crippen molar-refractivity contribution in [3.8, 4) is 0 Å². The van der Waals surface area contributed by atoms with E-state index in [2.05, 4.69) is 9.71 Å². The number of aliphatic imine (C=N–C) groups is 1. The van der Waals surface area contributed by atoms with Gasteiger partial charge in [-0.3, -0.25) is 14.5 Å². The van der Waals surface area contributed by atoms with Gasteiger partial charge in [0.2, 0.25) is 0 Å². The van der Waals surface area contributed by atoms with Crippen LogP contribution in [0.15, 0.2) is 34.8 Å². The maximum absolute atomic E-state index is 12.9. The lowest BCUT2D eigenvalue weighted by Gasteiger charge is -2.02. The van der Waals surface area contributed by atoms with Crippen molar-refractivity contribution in [2.45, 2.75) is 6.92 Å². The maximum atomic E-state index is 12.9. The Balaban J connectivity index is 2.50. The lowest BCUT2D eigenvalue weighted by Crippen LogP contribution is -2.24. The van der Waals surface area contributed by atoms with Crippen LogP contribution in [0.1, 0.15) is 12.5 Å². The molecule has 2 rings (SSSR count). The normalized spacial score (nSPS) is 19.2. The molecule has 1 aromatic rings. The lowest BCUT2D eigenvalue weighted by atomic mass is 10.1. The number of hydrogen-bond donors (Lipinski definition) is 2. The Hall–Kier alpha value is -2.22. The highest BCUT2D eigenvalue weighted by Gasteiger charge is 2.32. The third-order valence-corrected chi connectivity index (χ3v) is 4.22. The SMILES string of the molecule is CC1=C(c2ccc(F)cc2)S(=O)(=O)NC1=NCC(=O)O. The minimum atomic E-state index is -3.82. The first kappa shape index (κ1) is 14.2. The molecule has 0 fully saturated rings. The third kappa shape index (κ3) is 2.69. The zero-order chi connectivity index (χ0) is 14.9. The largest absolute Gasteiger partial charge is 0.480 e. The maximum Gasteiger partial charge on any atom is 0.325 e. The van der Waals surface area contributed by atoms with Crippen molar-refractivity contribution in [1.82, 2.24) is 4.72 Å². The van der Waals surface area contributed by atoms with Crippen molar-refractivity contribution >= 4 is 26.7 Å². The van der Waals surface area contributed by atoms with E-state index in [-0.39, 0.29) is 10.7 Å². The summed E-state index contributed by atoms with van der Waals surface area (Å²) < 4.78 is 39.1. The highest BCUT2D eigenvalue weighted by atomic mass is 32.2. The number of amidine groups is 1. The Bertz CT molecular complexity index is 720. The smallest absolute Gasteiger partial charge is 0.325 e. The van der Waals surface area contributed by atoms with Crippen molar-refractivity contribution < 1.29 is 22.7 Å². The average molecular weight is 298 g/mol. The molecule has 0 aromatic heterocycles. The van der Waals surface area contributed by atoms with Crippen LogP contribution in [0, 0.1) is 5.82 Å². The molecule has 0 radical (unpaired) electrons. The van der Waals surface area contributed by atoms with Crippen LogP contribution >= 0.6 is 0 Å². The van der Waals surface area contributed by atoms with Gasteiger partial charge in [0.05, 0.1) is 0 Å². The number of halogens is 1. The van der Waals surface area contributed by atoms with Gasteiger partial charge in [-0.1, -0.05) is 12.1 Å². The number of benzene rings is 1. The number of hydrogen-bond acceptors (Lipinski definition) is 4. The number of rotatable bonds is 3. The Labute approximate surface area is 114 Å². The molecular formula is C12H11FN2O4S. The van der Waals surface area contributed by atoms with Crippen molar-refractivity contribution in [2.24, 2.45) is 4.99 Å². The van der Waals surface area contributed by atoms with Gasteiger partial charge in [-0.05, 0) is 24.6 Å². The second kappa shape index (κ2) is 5.04. The van der Waals surface area contributed by atoms with Gasteiger partial charge in [-0.25, -0.2) is 12.8 Å². The molecule has 2 N–H and O–H groups in total. The van der Waals surface area contributed by atoms with Crippen LogP contribution in [0.25, 0.3) is 4.91 Å². The van der Waals surface area contributed by atoms with Crippen LogP contribution in [0.4, 0.5) is 4.39 Å². The van der Waals surface area contributed by atoms with E-state index in [4.69, 9.17) is 5.11 Å². The second-order valence-corrected chi connectivity index (χ2v) is 5.74. The van der Waals surface area contributed by atoms with E-state index in [1.165, 1.54) is 19.1 Å². The number of carboxylic acid groups (broad SMARTS) is 1. The molecule has 0 spiro atoms. The number of carbonyl (C=O) groups is 1. The Kier molecular flexibility index (Phi) is 3.58.